The Kier molecular flexibility index (Phi) is 7.90. The number of aliphatic hydroxyl groups excluding tert-OH is 1. The summed E-state index contributed by atoms with van der Waals surface area (Å²) in [5, 5.41) is 9.79. The summed E-state index contributed by atoms with van der Waals surface area (Å²) in [6, 6.07) is 11.7. The van der Waals surface area contributed by atoms with Crippen LogP contribution in [0.3, 0.4) is 0 Å². The van der Waals surface area contributed by atoms with Crippen LogP contribution >= 0.6 is 0 Å². The van der Waals surface area contributed by atoms with Gasteiger partial charge in [-0.25, -0.2) is 8.42 Å². The van der Waals surface area contributed by atoms with E-state index in [-0.39, 0.29) is 29.9 Å². The molecule has 0 saturated heterocycles. The first-order valence-electron chi connectivity index (χ1n) is 11.4. The fraction of sp³-hybridized carbons (Fsp3) is 0.480. The van der Waals surface area contributed by atoms with Gasteiger partial charge in [0.25, 0.3) is 5.91 Å². The Morgan fingerprint density at radius 1 is 1.15 bits per heavy atom. The van der Waals surface area contributed by atoms with Crippen molar-refractivity contribution in [2.45, 2.75) is 37.8 Å². The van der Waals surface area contributed by atoms with E-state index in [2.05, 4.69) is 0 Å². The van der Waals surface area contributed by atoms with E-state index in [9.17, 15) is 18.3 Å². The number of aryl methyl sites for hydroxylation is 1. The van der Waals surface area contributed by atoms with Crippen molar-refractivity contribution in [1.29, 1.82) is 0 Å². The van der Waals surface area contributed by atoms with Crippen LogP contribution in [0.1, 0.15) is 29.8 Å². The Balaban J connectivity index is 1.97. The van der Waals surface area contributed by atoms with Crippen LogP contribution in [0.5, 0.6) is 5.75 Å². The van der Waals surface area contributed by atoms with Gasteiger partial charge >= 0.3 is 0 Å². The minimum absolute atomic E-state index is 0.113. The van der Waals surface area contributed by atoms with E-state index in [1.54, 1.807) is 55.3 Å². The summed E-state index contributed by atoms with van der Waals surface area (Å²) in [6.45, 7) is 5.90. The molecule has 1 N–H and O–H groups in total. The van der Waals surface area contributed by atoms with Gasteiger partial charge in [0.2, 0.25) is 10.0 Å². The van der Waals surface area contributed by atoms with Crippen molar-refractivity contribution in [3.8, 4) is 5.75 Å². The number of nitrogens with zero attached hydrogens (tertiary/aromatic N) is 3. The van der Waals surface area contributed by atoms with Gasteiger partial charge in [0.05, 0.1) is 29.7 Å². The van der Waals surface area contributed by atoms with Crippen LogP contribution in [0, 0.1) is 12.8 Å². The van der Waals surface area contributed by atoms with Crippen molar-refractivity contribution in [2.24, 2.45) is 5.92 Å². The highest BCUT2D eigenvalue weighted by Crippen LogP contribution is 2.31. The van der Waals surface area contributed by atoms with Crippen molar-refractivity contribution in [2.75, 3.05) is 45.7 Å². The third kappa shape index (κ3) is 5.37. The predicted octanol–water partition coefficient (Wildman–Crippen LogP) is 2.60. The monoisotopic (exact) mass is 489 g/mol. The quantitative estimate of drug-likeness (QED) is 0.643. The number of sulfonamides is 1. The molecule has 0 unspecified atom stereocenters. The first-order valence-corrected chi connectivity index (χ1v) is 12.8. The highest BCUT2D eigenvalue weighted by molar-refractivity contribution is 7.89. The van der Waals surface area contributed by atoms with Crippen LogP contribution in [0.25, 0.3) is 0 Å². The number of anilines is 1. The van der Waals surface area contributed by atoms with Gasteiger partial charge in [0.1, 0.15) is 11.9 Å². The number of benzene rings is 2. The summed E-state index contributed by atoms with van der Waals surface area (Å²) >= 11 is 0. The minimum atomic E-state index is -3.71. The Bertz CT molecular complexity index is 1120. The van der Waals surface area contributed by atoms with E-state index in [0.29, 0.717) is 17.9 Å². The van der Waals surface area contributed by atoms with Gasteiger partial charge < -0.3 is 19.6 Å². The van der Waals surface area contributed by atoms with Gasteiger partial charge in [-0.05, 0) is 44.2 Å². The Morgan fingerprint density at radius 3 is 2.38 bits per heavy atom. The van der Waals surface area contributed by atoms with Crippen LogP contribution in [0.2, 0.25) is 0 Å². The zero-order chi connectivity index (χ0) is 25.2. The summed E-state index contributed by atoms with van der Waals surface area (Å²) in [4.78, 5) is 17.2. The number of rotatable bonds is 7. The molecule has 1 aliphatic rings. The van der Waals surface area contributed by atoms with E-state index in [1.165, 1.54) is 4.31 Å². The number of aliphatic hydroxyl groups is 1. The molecule has 0 fully saturated rings. The van der Waals surface area contributed by atoms with Gasteiger partial charge in [-0.15, -0.1) is 0 Å². The maximum atomic E-state index is 13.4. The molecule has 0 saturated carbocycles. The normalized spacial score (nSPS) is 19.8. The third-order valence-electron chi connectivity index (χ3n) is 6.33. The SMILES string of the molecule is Cc1ccc(S(=O)(=O)N(C)C[C@H]2Oc3ccc(N(C)C)cc3C(=O)N([C@@H](C)CO)C[C@@H]2C)cc1. The van der Waals surface area contributed by atoms with Gasteiger partial charge in [-0.2, -0.15) is 4.31 Å². The lowest BCUT2D eigenvalue weighted by atomic mass is 9.99. The molecule has 8 nitrogen and oxygen atoms in total. The number of hydrogen-bond acceptors (Lipinski definition) is 6. The van der Waals surface area contributed by atoms with Crippen molar-refractivity contribution in [3.05, 3.63) is 53.6 Å². The minimum Gasteiger partial charge on any atom is -0.488 e. The van der Waals surface area contributed by atoms with Crippen LogP contribution in [0.15, 0.2) is 47.4 Å². The van der Waals surface area contributed by atoms with Crippen molar-refractivity contribution < 1.29 is 23.1 Å². The van der Waals surface area contributed by atoms with E-state index < -0.39 is 22.2 Å². The van der Waals surface area contributed by atoms with Gasteiger partial charge in [-0.3, -0.25) is 4.79 Å². The van der Waals surface area contributed by atoms with Crippen LogP contribution < -0.4 is 9.64 Å². The standard InChI is InChI=1S/C25H35N3O5S/c1-17-7-10-21(11-8-17)34(31,32)27(6)15-24-18(2)14-28(19(3)16-29)25(30)22-13-20(26(4)5)9-12-23(22)33-24/h7-13,18-19,24,29H,14-16H2,1-6H3/t18-,19-,24+/m0/s1. The van der Waals surface area contributed by atoms with Crippen molar-refractivity contribution in [1.82, 2.24) is 9.21 Å². The smallest absolute Gasteiger partial charge is 0.258 e. The summed E-state index contributed by atoms with van der Waals surface area (Å²) in [5.41, 5.74) is 2.22. The second-order valence-corrected chi connectivity index (χ2v) is 11.3. The second kappa shape index (κ2) is 10.3. The van der Waals surface area contributed by atoms with E-state index in [1.807, 2.05) is 38.9 Å². The van der Waals surface area contributed by atoms with Crippen molar-refractivity contribution >= 4 is 21.6 Å². The molecular weight excluding hydrogens is 454 g/mol. The average Bonchev–Trinajstić information content (AvgIpc) is 2.80. The summed E-state index contributed by atoms with van der Waals surface area (Å²) in [7, 11) is 1.60. The second-order valence-electron chi connectivity index (χ2n) is 9.30. The Labute approximate surface area is 202 Å². The summed E-state index contributed by atoms with van der Waals surface area (Å²) < 4.78 is 34.0. The maximum absolute atomic E-state index is 13.4. The molecule has 1 aliphatic heterocycles. The first kappa shape index (κ1) is 26.0. The molecule has 0 radical (unpaired) electrons. The Morgan fingerprint density at radius 2 is 1.79 bits per heavy atom. The summed E-state index contributed by atoms with van der Waals surface area (Å²) in [5.74, 6) is 0.00454. The molecular formula is C25H35N3O5S. The Hall–Kier alpha value is -2.62. The zero-order valence-electron chi connectivity index (χ0n) is 20.7. The third-order valence-corrected chi connectivity index (χ3v) is 8.17. The van der Waals surface area contributed by atoms with Gasteiger partial charge in [0, 0.05) is 39.3 Å². The molecule has 0 aliphatic carbocycles. The highest BCUT2D eigenvalue weighted by Gasteiger charge is 2.35. The lowest BCUT2D eigenvalue weighted by Crippen LogP contribution is -2.50. The largest absolute Gasteiger partial charge is 0.488 e. The first-order chi connectivity index (χ1) is 15.9. The molecule has 9 heteroatoms. The number of likely N-dealkylation sites (N-methyl/N-ethyl adjacent to an activating group) is 1. The van der Waals surface area contributed by atoms with Gasteiger partial charge in [0.15, 0.2) is 0 Å². The van der Waals surface area contributed by atoms with E-state index in [4.69, 9.17) is 4.74 Å². The zero-order valence-corrected chi connectivity index (χ0v) is 21.5. The predicted molar refractivity (Wildman–Crippen MR) is 133 cm³/mol. The molecule has 186 valence electrons. The number of carbonyl (C=O) groups is 1. The average molecular weight is 490 g/mol. The number of carbonyl (C=O) groups excluding carboxylic acids is 1. The van der Waals surface area contributed by atoms with E-state index in [0.717, 1.165) is 11.3 Å². The molecule has 0 aromatic heterocycles. The van der Waals surface area contributed by atoms with Crippen LogP contribution in [-0.4, -0.2) is 81.6 Å². The maximum Gasteiger partial charge on any atom is 0.258 e. The summed E-state index contributed by atoms with van der Waals surface area (Å²) in [6.07, 6.45) is -0.504. The van der Waals surface area contributed by atoms with Gasteiger partial charge in [-0.1, -0.05) is 24.6 Å². The molecule has 2 aromatic carbocycles. The molecule has 2 aromatic rings. The fourth-order valence-corrected chi connectivity index (χ4v) is 5.13. The number of ether oxygens (including phenoxy) is 1. The molecule has 3 rings (SSSR count). The molecule has 3 atom stereocenters. The number of amides is 1. The van der Waals surface area contributed by atoms with Crippen molar-refractivity contribution in [3.63, 3.8) is 0 Å². The number of hydrogen-bond donors (Lipinski definition) is 1. The topological polar surface area (TPSA) is 90.4 Å². The number of fused-ring (bicyclic) bond motifs is 1. The molecule has 34 heavy (non-hydrogen) atoms. The fourth-order valence-electron chi connectivity index (χ4n) is 3.95. The molecule has 0 spiro atoms. The highest BCUT2D eigenvalue weighted by atomic mass is 32.2. The lowest BCUT2D eigenvalue weighted by Gasteiger charge is -2.38. The van der Waals surface area contributed by atoms with E-state index >= 15 is 0 Å². The molecule has 0 bridgehead atoms. The van der Waals surface area contributed by atoms with Crippen LogP contribution in [-0.2, 0) is 10.0 Å². The van der Waals surface area contributed by atoms with Crippen LogP contribution in [0.4, 0.5) is 5.69 Å². The molecule has 1 heterocycles. The lowest BCUT2D eigenvalue weighted by molar-refractivity contribution is 0.0387. The molecule has 1 amide bonds.